The summed E-state index contributed by atoms with van der Waals surface area (Å²) in [6.45, 7) is 4.87. The molecule has 0 saturated carbocycles. The Morgan fingerprint density at radius 2 is 2.08 bits per heavy atom. The van der Waals surface area contributed by atoms with Gasteiger partial charge in [0.05, 0.1) is 18.2 Å². The van der Waals surface area contributed by atoms with Crippen molar-refractivity contribution < 1.29 is 9.53 Å². The Bertz CT molecular complexity index is 698. The third-order valence-corrected chi connectivity index (χ3v) is 4.91. The molecule has 25 heavy (non-hydrogen) atoms. The largest absolute Gasteiger partial charge is 0.466 e. The molecule has 0 amide bonds. The third kappa shape index (κ3) is 4.28. The smallest absolute Gasteiger partial charge is 0.313 e. The third-order valence-electron chi connectivity index (χ3n) is 4.91. The maximum Gasteiger partial charge on any atom is 0.313 e. The normalized spacial score (nSPS) is 21.2. The van der Waals surface area contributed by atoms with Crippen LogP contribution in [0.5, 0.6) is 0 Å². The molecule has 1 aromatic heterocycles. The molecule has 0 bridgehead atoms. The molecule has 1 saturated heterocycles. The first-order valence-electron chi connectivity index (χ1n) is 9.02. The molecule has 134 valence electrons. The van der Waals surface area contributed by atoms with Crippen molar-refractivity contribution in [2.45, 2.75) is 32.7 Å². The van der Waals surface area contributed by atoms with Gasteiger partial charge in [0.15, 0.2) is 0 Å². The highest BCUT2D eigenvalue weighted by atomic mass is 16.5. The number of carbonyl (C=O) groups excluding carboxylic acids is 1. The van der Waals surface area contributed by atoms with Crippen molar-refractivity contribution in [1.82, 2.24) is 14.7 Å². The van der Waals surface area contributed by atoms with Crippen LogP contribution in [-0.2, 0) is 29.5 Å². The van der Waals surface area contributed by atoms with Crippen molar-refractivity contribution in [3.63, 3.8) is 0 Å². The van der Waals surface area contributed by atoms with E-state index in [0.717, 1.165) is 38.9 Å². The molecular weight excluding hydrogens is 314 g/mol. The van der Waals surface area contributed by atoms with Crippen LogP contribution in [0.3, 0.4) is 0 Å². The summed E-state index contributed by atoms with van der Waals surface area (Å²) in [7, 11) is 1.93. The summed E-state index contributed by atoms with van der Waals surface area (Å²) in [6, 6.07) is 10.3. The average molecular weight is 341 g/mol. The maximum absolute atomic E-state index is 12.9. The van der Waals surface area contributed by atoms with E-state index in [2.05, 4.69) is 22.1 Å². The van der Waals surface area contributed by atoms with Gasteiger partial charge in [-0.1, -0.05) is 30.3 Å². The molecule has 0 unspecified atom stereocenters. The minimum absolute atomic E-state index is 0.0604. The van der Waals surface area contributed by atoms with E-state index >= 15 is 0 Å². The zero-order valence-corrected chi connectivity index (χ0v) is 15.1. The van der Waals surface area contributed by atoms with Gasteiger partial charge in [-0.15, -0.1) is 0 Å². The number of likely N-dealkylation sites (tertiary alicyclic amines) is 1. The van der Waals surface area contributed by atoms with Gasteiger partial charge in [0.1, 0.15) is 0 Å². The predicted molar refractivity (Wildman–Crippen MR) is 96.9 cm³/mol. The molecule has 5 heteroatoms. The summed E-state index contributed by atoms with van der Waals surface area (Å²) in [4.78, 5) is 15.2. The fraction of sp³-hybridized carbons (Fsp3) is 0.500. The number of piperidine rings is 1. The number of ether oxygens (including phenoxy) is 1. The Morgan fingerprint density at radius 1 is 1.28 bits per heavy atom. The molecule has 5 nitrogen and oxygen atoms in total. The molecule has 1 fully saturated rings. The SMILES string of the molecule is CCOC(=O)[C@]1(Cc2ccccc2)CCCN(Cc2cnn(C)c2)C1. The summed E-state index contributed by atoms with van der Waals surface area (Å²) in [5.41, 5.74) is 1.92. The molecule has 1 aliphatic rings. The number of rotatable bonds is 6. The molecule has 3 rings (SSSR count). The maximum atomic E-state index is 12.9. The molecule has 0 N–H and O–H groups in total. The van der Waals surface area contributed by atoms with Gasteiger partial charge in [0, 0.05) is 31.9 Å². The van der Waals surface area contributed by atoms with Crippen molar-refractivity contribution in [1.29, 1.82) is 0 Å². The summed E-state index contributed by atoms with van der Waals surface area (Å²) >= 11 is 0. The van der Waals surface area contributed by atoms with Crippen LogP contribution in [0.2, 0.25) is 0 Å². The molecule has 1 aromatic carbocycles. The van der Waals surface area contributed by atoms with Crippen LogP contribution >= 0.6 is 0 Å². The lowest BCUT2D eigenvalue weighted by Crippen LogP contribution is -2.49. The highest BCUT2D eigenvalue weighted by molar-refractivity contribution is 5.77. The second kappa shape index (κ2) is 7.83. The van der Waals surface area contributed by atoms with Gasteiger partial charge < -0.3 is 4.74 Å². The average Bonchev–Trinajstić information content (AvgIpc) is 3.01. The molecule has 2 heterocycles. The van der Waals surface area contributed by atoms with Gasteiger partial charge in [-0.05, 0) is 38.3 Å². The highest BCUT2D eigenvalue weighted by Crippen LogP contribution is 2.36. The van der Waals surface area contributed by atoms with Crippen LogP contribution in [0.4, 0.5) is 0 Å². The van der Waals surface area contributed by atoms with Crippen LogP contribution in [0.1, 0.15) is 30.9 Å². The number of aromatic nitrogens is 2. The summed E-state index contributed by atoms with van der Waals surface area (Å²) in [5.74, 6) is -0.0604. The molecule has 0 aliphatic carbocycles. The molecular formula is C20H27N3O2. The number of benzene rings is 1. The zero-order valence-electron chi connectivity index (χ0n) is 15.1. The van der Waals surface area contributed by atoms with Crippen LogP contribution in [0.15, 0.2) is 42.7 Å². The van der Waals surface area contributed by atoms with E-state index in [9.17, 15) is 4.79 Å². The minimum Gasteiger partial charge on any atom is -0.466 e. The van der Waals surface area contributed by atoms with Crippen molar-refractivity contribution in [2.75, 3.05) is 19.7 Å². The molecule has 0 radical (unpaired) electrons. The molecule has 1 atom stereocenters. The van der Waals surface area contributed by atoms with Gasteiger partial charge in [0.25, 0.3) is 0 Å². The number of hydrogen-bond acceptors (Lipinski definition) is 4. The fourth-order valence-corrected chi connectivity index (χ4v) is 3.83. The number of carbonyl (C=O) groups is 1. The summed E-state index contributed by atoms with van der Waals surface area (Å²) in [6.07, 6.45) is 6.56. The van der Waals surface area contributed by atoms with Gasteiger partial charge >= 0.3 is 5.97 Å². The number of esters is 1. The van der Waals surface area contributed by atoms with Crippen molar-refractivity contribution >= 4 is 5.97 Å². The lowest BCUT2D eigenvalue weighted by atomic mass is 9.75. The monoisotopic (exact) mass is 341 g/mol. The quantitative estimate of drug-likeness (QED) is 0.758. The second-order valence-electron chi connectivity index (χ2n) is 7.00. The second-order valence-corrected chi connectivity index (χ2v) is 7.00. The molecule has 0 spiro atoms. The van der Waals surface area contributed by atoms with Gasteiger partial charge in [-0.2, -0.15) is 5.10 Å². The summed E-state index contributed by atoms with van der Waals surface area (Å²) < 4.78 is 7.30. The van der Waals surface area contributed by atoms with Crippen molar-refractivity contribution in [3.8, 4) is 0 Å². The zero-order chi connectivity index (χ0) is 17.7. The van der Waals surface area contributed by atoms with E-state index in [1.807, 2.05) is 49.2 Å². The first-order chi connectivity index (χ1) is 12.1. The lowest BCUT2D eigenvalue weighted by Gasteiger charge is -2.41. The Labute approximate surface area is 149 Å². The molecule has 1 aliphatic heterocycles. The number of aryl methyl sites for hydroxylation is 1. The highest BCUT2D eigenvalue weighted by Gasteiger charge is 2.43. The molecule has 2 aromatic rings. The van der Waals surface area contributed by atoms with E-state index in [1.54, 1.807) is 0 Å². The fourth-order valence-electron chi connectivity index (χ4n) is 3.83. The van der Waals surface area contributed by atoms with Crippen molar-refractivity contribution in [3.05, 3.63) is 53.9 Å². The lowest BCUT2D eigenvalue weighted by molar-refractivity contribution is -0.159. The predicted octanol–water partition coefficient (Wildman–Crippen LogP) is 2.81. The van der Waals surface area contributed by atoms with Gasteiger partial charge in [-0.3, -0.25) is 14.4 Å². The topological polar surface area (TPSA) is 47.4 Å². The van der Waals surface area contributed by atoms with E-state index in [4.69, 9.17) is 4.74 Å². The van der Waals surface area contributed by atoms with E-state index in [1.165, 1.54) is 11.1 Å². The van der Waals surface area contributed by atoms with Gasteiger partial charge in [0.2, 0.25) is 0 Å². The van der Waals surface area contributed by atoms with E-state index in [-0.39, 0.29) is 5.97 Å². The Balaban J connectivity index is 1.79. The van der Waals surface area contributed by atoms with Crippen LogP contribution in [0, 0.1) is 5.41 Å². The Kier molecular flexibility index (Phi) is 5.53. The Hall–Kier alpha value is -2.14. The standard InChI is InChI=1S/C20H27N3O2/c1-3-25-19(24)20(12-17-8-5-4-6-9-17)10-7-11-23(16-20)15-18-13-21-22(2)14-18/h4-6,8-9,13-14H,3,7,10-12,15-16H2,1-2H3/t20-/m0/s1. The minimum atomic E-state index is -0.460. The first kappa shape index (κ1) is 17.7. The van der Waals surface area contributed by atoms with Crippen LogP contribution in [-0.4, -0.2) is 40.3 Å². The first-order valence-corrected chi connectivity index (χ1v) is 9.02. The summed E-state index contributed by atoms with van der Waals surface area (Å²) in [5, 5.41) is 4.25. The van der Waals surface area contributed by atoms with Crippen LogP contribution < -0.4 is 0 Å². The number of hydrogen-bond donors (Lipinski definition) is 0. The van der Waals surface area contributed by atoms with Crippen LogP contribution in [0.25, 0.3) is 0 Å². The van der Waals surface area contributed by atoms with Gasteiger partial charge in [-0.25, -0.2) is 0 Å². The van der Waals surface area contributed by atoms with Crippen molar-refractivity contribution in [2.24, 2.45) is 12.5 Å². The van der Waals surface area contributed by atoms with E-state index in [0.29, 0.717) is 6.61 Å². The number of nitrogens with zero attached hydrogens (tertiary/aromatic N) is 3. The Morgan fingerprint density at radius 3 is 2.76 bits per heavy atom. The van der Waals surface area contributed by atoms with E-state index < -0.39 is 5.41 Å².